The zero-order valence-electron chi connectivity index (χ0n) is 12.4. The van der Waals surface area contributed by atoms with Crippen LogP contribution in [-0.2, 0) is 15.9 Å². The van der Waals surface area contributed by atoms with Gasteiger partial charge in [-0.05, 0) is 38.6 Å². The Morgan fingerprint density at radius 1 is 1.38 bits per heavy atom. The van der Waals surface area contributed by atoms with Crippen molar-refractivity contribution < 1.29 is 12.8 Å². The molecule has 1 fully saturated rings. The fourth-order valence-electron chi connectivity index (χ4n) is 2.66. The Morgan fingerprint density at radius 3 is 2.62 bits per heavy atom. The second-order valence-corrected chi connectivity index (χ2v) is 7.69. The topological polar surface area (TPSA) is 40.6 Å². The average Bonchev–Trinajstić information content (AvgIpc) is 2.40. The van der Waals surface area contributed by atoms with Crippen LogP contribution < -0.4 is 0 Å². The fraction of sp³-hybridized carbons (Fsp3) is 0.571. The lowest BCUT2D eigenvalue weighted by molar-refractivity contribution is 0.170. The summed E-state index contributed by atoms with van der Waals surface area (Å²) in [5.41, 5.74) is 0.620. The molecule has 1 atom stereocenters. The number of hydrogen-bond donors (Lipinski definition) is 0. The molecule has 2 rings (SSSR count). The highest BCUT2D eigenvalue weighted by atomic mass is 35.5. The van der Waals surface area contributed by atoms with Gasteiger partial charge in [0.05, 0.1) is 4.90 Å². The first-order valence-electron chi connectivity index (χ1n) is 6.82. The van der Waals surface area contributed by atoms with Gasteiger partial charge in [0.2, 0.25) is 10.0 Å². The number of halogens is 2. The lowest BCUT2D eigenvalue weighted by Gasteiger charge is -2.37. The molecule has 1 heterocycles. The van der Waals surface area contributed by atoms with Crippen molar-refractivity contribution in [2.24, 2.45) is 0 Å². The van der Waals surface area contributed by atoms with Gasteiger partial charge in [-0.25, -0.2) is 12.8 Å². The predicted molar refractivity (Wildman–Crippen MR) is 81.5 cm³/mol. The van der Waals surface area contributed by atoms with E-state index in [1.807, 2.05) is 14.0 Å². The summed E-state index contributed by atoms with van der Waals surface area (Å²) in [4.78, 5) is 2.11. The maximum absolute atomic E-state index is 13.9. The molecule has 0 aliphatic carbocycles. The first-order valence-corrected chi connectivity index (χ1v) is 8.80. The number of sulfonamides is 1. The van der Waals surface area contributed by atoms with Gasteiger partial charge >= 0.3 is 0 Å². The molecule has 1 aliphatic heterocycles. The van der Waals surface area contributed by atoms with E-state index >= 15 is 0 Å². The Bertz CT molecular complexity index is 636. The van der Waals surface area contributed by atoms with E-state index in [2.05, 4.69) is 4.90 Å². The van der Waals surface area contributed by atoms with Crippen LogP contribution in [0.4, 0.5) is 4.39 Å². The standard InChI is InChI=1S/C14H20ClFN2O2S/c1-10-9-17(3)4-5-18(10)21(19,20)14-7-12(8-15)6-13(16)11(14)2/h6-7,10H,4-5,8-9H2,1-3H3. The van der Waals surface area contributed by atoms with E-state index in [9.17, 15) is 12.8 Å². The number of benzene rings is 1. The monoisotopic (exact) mass is 334 g/mol. The minimum absolute atomic E-state index is 0.0227. The van der Waals surface area contributed by atoms with Crippen molar-refractivity contribution in [3.8, 4) is 0 Å². The maximum Gasteiger partial charge on any atom is 0.243 e. The van der Waals surface area contributed by atoms with Crippen molar-refractivity contribution in [3.63, 3.8) is 0 Å². The third-order valence-corrected chi connectivity index (χ3v) is 6.32. The van der Waals surface area contributed by atoms with Crippen molar-refractivity contribution in [3.05, 3.63) is 29.1 Å². The summed E-state index contributed by atoms with van der Waals surface area (Å²) in [5.74, 6) is -0.452. The molecule has 21 heavy (non-hydrogen) atoms. The van der Waals surface area contributed by atoms with Gasteiger partial charge in [0, 0.05) is 37.1 Å². The van der Waals surface area contributed by atoms with Crippen LogP contribution >= 0.6 is 11.6 Å². The van der Waals surface area contributed by atoms with E-state index in [-0.39, 0.29) is 22.4 Å². The Balaban J connectivity index is 2.47. The van der Waals surface area contributed by atoms with Crippen molar-refractivity contribution in [1.29, 1.82) is 0 Å². The number of piperazine rings is 1. The number of hydrogen-bond acceptors (Lipinski definition) is 3. The van der Waals surface area contributed by atoms with Crippen molar-refractivity contribution in [2.75, 3.05) is 26.7 Å². The molecule has 0 aromatic heterocycles. The maximum atomic E-state index is 13.9. The van der Waals surface area contributed by atoms with E-state index in [0.717, 1.165) is 0 Å². The predicted octanol–water partition coefficient (Wildman–Crippen LogP) is 2.20. The third kappa shape index (κ3) is 3.23. The Labute approximate surface area is 130 Å². The second-order valence-electron chi connectivity index (χ2n) is 5.56. The summed E-state index contributed by atoms with van der Waals surface area (Å²) in [7, 11) is -1.75. The molecule has 0 bridgehead atoms. The number of rotatable bonds is 3. The lowest BCUT2D eigenvalue weighted by Crippen LogP contribution is -2.52. The molecule has 118 valence electrons. The average molecular weight is 335 g/mol. The van der Waals surface area contributed by atoms with Crippen LogP contribution in [0, 0.1) is 12.7 Å². The van der Waals surface area contributed by atoms with Crippen LogP contribution in [0.25, 0.3) is 0 Å². The van der Waals surface area contributed by atoms with Gasteiger partial charge < -0.3 is 4.90 Å². The van der Waals surface area contributed by atoms with Crippen molar-refractivity contribution in [2.45, 2.75) is 30.7 Å². The SMILES string of the molecule is Cc1c(F)cc(CCl)cc1S(=O)(=O)N1CCN(C)CC1C. The molecule has 1 aromatic rings. The highest BCUT2D eigenvalue weighted by Gasteiger charge is 2.34. The molecule has 1 saturated heterocycles. The van der Waals surface area contributed by atoms with E-state index in [4.69, 9.17) is 11.6 Å². The molecule has 1 aromatic carbocycles. The quantitative estimate of drug-likeness (QED) is 0.796. The zero-order chi connectivity index (χ0) is 15.8. The van der Waals surface area contributed by atoms with Crippen LogP contribution in [0.5, 0.6) is 0 Å². The van der Waals surface area contributed by atoms with Crippen molar-refractivity contribution >= 4 is 21.6 Å². The third-order valence-electron chi connectivity index (χ3n) is 3.87. The number of nitrogens with zero attached hydrogens (tertiary/aromatic N) is 2. The largest absolute Gasteiger partial charge is 0.303 e. The fourth-order valence-corrected chi connectivity index (χ4v) is 4.71. The van der Waals surface area contributed by atoms with E-state index in [1.165, 1.54) is 23.4 Å². The molecular formula is C14H20ClFN2O2S. The van der Waals surface area contributed by atoms with Crippen LogP contribution in [0.3, 0.4) is 0 Å². The first kappa shape index (κ1) is 16.7. The van der Waals surface area contributed by atoms with Gasteiger partial charge in [-0.1, -0.05) is 0 Å². The summed E-state index contributed by atoms with van der Waals surface area (Å²) >= 11 is 5.73. The molecule has 1 unspecified atom stereocenters. The van der Waals surface area contributed by atoms with Gasteiger partial charge in [-0.2, -0.15) is 4.31 Å². The minimum Gasteiger partial charge on any atom is -0.303 e. The highest BCUT2D eigenvalue weighted by Crippen LogP contribution is 2.27. The Kier molecular flexibility index (Phi) is 4.92. The number of alkyl halides is 1. The van der Waals surface area contributed by atoms with Crippen molar-refractivity contribution in [1.82, 2.24) is 9.21 Å². The molecule has 0 amide bonds. The normalized spacial score (nSPS) is 21.7. The molecule has 0 radical (unpaired) electrons. The van der Waals surface area contributed by atoms with Crippen LogP contribution in [0.2, 0.25) is 0 Å². The van der Waals surface area contributed by atoms with E-state index in [1.54, 1.807) is 0 Å². The van der Waals surface area contributed by atoms with Gasteiger partial charge in [0.25, 0.3) is 0 Å². The molecule has 7 heteroatoms. The Morgan fingerprint density at radius 2 is 2.05 bits per heavy atom. The first-order chi connectivity index (χ1) is 9.77. The molecule has 1 aliphatic rings. The van der Waals surface area contributed by atoms with Gasteiger partial charge in [0.15, 0.2) is 0 Å². The second kappa shape index (κ2) is 6.20. The summed E-state index contributed by atoms with van der Waals surface area (Å²) in [6.45, 7) is 5.09. The number of likely N-dealkylation sites (N-methyl/N-ethyl adjacent to an activating group) is 1. The molecular weight excluding hydrogens is 315 g/mol. The molecule has 0 spiro atoms. The molecule has 4 nitrogen and oxygen atoms in total. The Hall–Kier alpha value is -0.690. The van der Waals surface area contributed by atoms with Crippen LogP contribution in [0.1, 0.15) is 18.1 Å². The lowest BCUT2D eigenvalue weighted by atomic mass is 10.1. The summed E-state index contributed by atoms with van der Waals surface area (Å²) in [6, 6.07) is 2.62. The summed E-state index contributed by atoms with van der Waals surface area (Å²) in [5, 5.41) is 0. The molecule has 0 N–H and O–H groups in total. The van der Waals surface area contributed by atoms with Crippen LogP contribution in [0.15, 0.2) is 17.0 Å². The summed E-state index contributed by atoms with van der Waals surface area (Å²) in [6.07, 6.45) is 0. The highest BCUT2D eigenvalue weighted by molar-refractivity contribution is 7.89. The van der Waals surface area contributed by atoms with E-state index in [0.29, 0.717) is 25.2 Å². The minimum atomic E-state index is -3.71. The van der Waals surface area contributed by atoms with E-state index < -0.39 is 15.8 Å². The zero-order valence-corrected chi connectivity index (χ0v) is 14.0. The smallest absolute Gasteiger partial charge is 0.243 e. The van der Waals surface area contributed by atoms with Crippen LogP contribution in [-0.4, -0.2) is 50.3 Å². The molecule has 0 saturated carbocycles. The summed E-state index contributed by atoms with van der Waals surface area (Å²) < 4.78 is 41.1. The van der Waals surface area contributed by atoms with Gasteiger partial charge in [-0.3, -0.25) is 0 Å². The van der Waals surface area contributed by atoms with Gasteiger partial charge in [0.1, 0.15) is 5.82 Å². The van der Waals surface area contributed by atoms with Gasteiger partial charge in [-0.15, -0.1) is 11.6 Å².